The monoisotopic (exact) mass is 442 g/mol. The van der Waals surface area contributed by atoms with E-state index in [4.69, 9.17) is 14.2 Å². The van der Waals surface area contributed by atoms with Gasteiger partial charge in [-0.2, -0.15) is 0 Å². The van der Waals surface area contributed by atoms with Crippen LogP contribution in [0.2, 0.25) is 0 Å². The van der Waals surface area contributed by atoms with E-state index in [0.29, 0.717) is 18.9 Å². The highest BCUT2D eigenvalue weighted by molar-refractivity contribution is 5.73. The lowest BCUT2D eigenvalue weighted by Gasteiger charge is -2.18. The first-order chi connectivity index (χ1) is 16.0. The fraction of sp³-hybridized carbons (Fsp3) is 0.345. The summed E-state index contributed by atoms with van der Waals surface area (Å²) in [4.78, 5) is 11.7. The van der Waals surface area contributed by atoms with Crippen LogP contribution in [-0.4, -0.2) is 19.7 Å². The number of rotatable bonds is 6. The number of benzene rings is 3. The van der Waals surface area contributed by atoms with Gasteiger partial charge >= 0.3 is 5.97 Å². The normalized spacial score (nSPS) is 18.5. The lowest BCUT2D eigenvalue weighted by molar-refractivity contribution is -0.141. The molecule has 3 aromatic carbocycles. The summed E-state index contributed by atoms with van der Waals surface area (Å²) < 4.78 is 17.1. The molecule has 0 fully saturated rings. The molecular formula is C29H30O4. The van der Waals surface area contributed by atoms with Gasteiger partial charge in [0.25, 0.3) is 0 Å². The Morgan fingerprint density at radius 1 is 1.03 bits per heavy atom. The van der Waals surface area contributed by atoms with Crippen molar-refractivity contribution in [1.29, 1.82) is 0 Å². The second-order valence-corrected chi connectivity index (χ2v) is 9.25. The number of carbonyl (C=O) groups is 1. The topological polar surface area (TPSA) is 44.8 Å². The number of methoxy groups -OCH3 is 1. The fourth-order valence-electron chi connectivity index (χ4n) is 5.18. The molecule has 0 amide bonds. The van der Waals surface area contributed by atoms with Crippen molar-refractivity contribution in [3.05, 3.63) is 82.9 Å². The zero-order valence-electron chi connectivity index (χ0n) is 19.5. The minimum Gasteiger partial charge on any atom is -0.492 e. The highest BCUT2D eigenvalue weighted by atomic mass is 16.5. The summed E-state index contributed by atoms with van der Waals surface area (Å²) in [6, 6.07) is 21.3. The summed E-state index contributed by atoms with van der Waals surface area (Å²) in [6.45, 7) is 5.00. The van der Waals surface area contributed by atoms with Crippen molar-refractivity contribution >= 4 is 5.97 Å². The zero-order chi connectivity index (χ0) is 22.9. The molecule has 170 valence electrons. The SMILES string of the molecule is COC(=O)CC1COc2cc(O[C@@H]3CCc4c(-c5ccccc5C(C)C)cccc43)ccc21. The summed E-state index contributed by atoms with van der Waals surface area (Å²) >= 11 is 0. The summed E-state index contributed by atoms with van der Waals surface area (Å²) in [7, 11) is 1.42. The van der Waals surface area contributed by atoms with E-state index < -0.39 is 0 Å². The van der Waals surface area contributed by atoms with Crippen molar-refractivity contribution in [1.82, 2.24) is 0 Å². The van der Waals surface area contributed by atoms with Gasteiger partial charge < -0.3 is 14.2 Å². The average Bonchev–Trinajstić information content (AvgIpc) is 3.43. The summed E-state index contributed by atoms with van der Waals surface area (Å²) in [5.74, 6) is 1.91. The maximum Gasteiger partial charge on any atom is 0.306 e. The predicted octanol–water partition coefficient (Wildman–Crippen LogP) is 6.58. The minimum absolute atomic E-state index is 0.0245. The van der Waals surface area contributed by atoms with Crippen LogP contribution < -0.4 is 9.47 Å². The third kappa shape index (κ3) is 4.10. The Kier molecular flexibility index (Phi) is 5.84. The van der Waals surface area contributed by atoms with Crippen molar-refractivity contribution < 1.29 is 19.0 Å². The molecule has 5 rings (SSSR count). The molecule has 3 aromatic rings. The lowest BCUT2D eigenvalue weighted by Crippen LogP contribution is -2.09. The Morgan fingerprint density at radius 3 is 2.67 bits per heavy atom. The molecular weight excluding hydrogens is 412 g/mol. The van der Waals surface area contributed by atoms with Gasteiger partial charge in [-0.3, -0.25) is 4.79 Å². The molecule has 0 aromatic heterocycles. The highest BCUT2D eigenvalue weighted by Gasteiger charge is 2.30. The van der Waals surface area contributed by atoms with Crippen molar-refractivity contribution in [2.45, 2.75) is 51.0 Å². The van der Waals surface area contributed by atoms with Crippen molar-refractivity contribution in [2.75, 3.05) is 13.7 Å². The van der Waals surface area contributed by atoms with Gasteiger partial charge in [0.15, 0.2) is 0 Å². The summed E-state index contributed by atoms with van der Waals surface area (Å²) in [6.07, 6.45) is 2.32. The third-order valence-corrected chi connectivity index (χ3v) is 6.87. The van der Waals surface area contributed by atoms with E-state index in [1.807, 2.05) is 18.2 Å². The van der Waals surface area contributed by atoms with Gasteiger partial charge in [0, 0.05) is 17.5 Å². The predicted molar refractivity (Wildman–Crippen MR) is 129 cm³/mol. The minimum atomic E-state index is -0.214. The van der Waals surface area contributed by atoms with E-state index in [2.05, 4.69) is 56.3 Å². The van der Waals surface area contributed by atoms with Crippen LogP contribution in [0.15, 0.2) is 60.7 Å². The molecule has 1 unspecified atom stereocenters. The number of hydrogen-bond acceptors (Lipinski definition) is 4. The number of fused-ring (bicyclic) bond motifs is 2. The van der Waals surface area contributed by atoms with Crippen LogP contribution in [0.25, 0.3) is 11.1 Å². The summed E-state index contributed by atoms with van der Waals surface area (Å²) in [5.41, 5.74) is 7.75. The van der Waals surface area contributed by atoms with Gasteiger partial charge in [-0.1, -0.05) is 62.4 Å². The Labute approximate surface area is 195 Å². The van der Waals surface area contributed by atoms with E-state index in [1.54, 1.807) is 0 Å². The van der Waals surface area contributed by atoms with E-state index in [-0.39, 0.29) is 18.0 Å². The van der Waals surface area contributed by atoms with Crippen LogP contribution in [-0.2, 0) is 16.0 Å². The molecule has 2 aliphatic rings. The van der Waals surface area contributed by atoms with E-state index >= 15 is 0 Å². The molecule has 2 atom stereocenters. The molecule has 0 saturated carbocycles. The van der Waals surface area contributed by atoms with Crippen LogP contribution in [0.4, 0.5) is 0 Å². The van der Waals surface area contributed by atoms with E-state index in [1.165, 1.54) is 34.9 Å². The lowest BCUT2D eigenvalue weighted by atomic mass is 9.89. The number of hydrogen-bond donors (Lipinski definition) is 0. The first kappa shape index (κ1) is 21.6. The number of carbonyl (C=O) groups excluding carboxylic acids is 1. The Balaban J connectivity index is 1.39. The second kappa shape index (κ2) is 8.93. The van der Waals surface area contributed by atoms with Crippen molar-refractivity contribution in [2.24, 2.45) is 0 Å². The molecule has 0 bridgehead atoms. The fourth-order valence-corrected chi connectivity index (χ4v) is 5.18. The maximum atomic E-state index is 11.7. The first-order valence-electron chi connectivity index (χ1n) is 11.8. The average molecular weight is 443 g/mol. The van der Waals surface area contributed by atoms with Crippen molar-refractivity contribution in [3.8, 4) is 22.6 Å². The number of ether oxygens (including phenoxy) is 3. The second-order valence-electron chi connectivity index (χ2n) is 9.25. The molecule has 0 radical (unpaired) electrons. The quantitative estimate of drug-likeness (QED) is 0.404. The first-order valence-corrected chi connectivity index (χ1v) is 11.8. The summed E-state index contributed by atoms with van der Waals surface area (Å²) in [5, 5.41) is 0. The van der Waals surface area contributed by atoms with Gasteiger partial charge in [-0.05, 0) is 52.6 Å². The van der Waals surface area contributed by atoms with E-state index in [0.717, 1.165) is 29.9 Å². The van der Waals surface area contributed by atoms with Crippen LogP contribution >= 0.6 is 0 Å². The van der Waals surface area contributed by atoms with Gasteiger partial charge in [0.1, 0.15) is 17.6 Å². The van der Waals surface area contributed by atoms with Gasteiger partial charge in [0.2, 0.25) is 0 Å². The maximum absolute atomic E-state index is 11.7. The van der Waals surface area contributed by atoms with Crippen LogP contribution in [0.5, 0.6) is 11.5 Å². The molecule has 1 heterocycles. The van der Waals surface area contributed by atoms with Gasteiger partial charge in [-0.15, -0.1) is 0 Å². The molecule has 4 nitrogen and oxygen atoms in total. The number of esters is 1. The third-order valence-electron chi connectivity index (χ3n) is 6.87. The molecule has 1 aliphatic heterocycles. The smallest absolute Gasteiger partial charge is 0.306 e. The molecule has 0 saturated heterocycles. The largest absolute Gasteiger partial charge is 0.492 e. The van der Waals surface area contributed by atoms with E-state index in [9.17, 15) is 4.79 Å². The van der Waals surface area contributed by atoms with Crippen LogP contribution in [0.3, 0.4) is 0 Å². The van der Waals surface area contributed by atoms with Crippen molar-refractivity contribution in [3.63, 3.8) is 0 Å². The standard InChI is InChI=1S/C29H30O4/c1-18(2)21-7-4-5-8-23(21)24-9-6-10-26-25(24)13-14-27(26)33-20-11-12-22-19(15-29(30)31-3)17-32-28(22)16-20/h4-12,16,18-19,27H,13-15,17H2,1-3H3/t19?,27-/m1/s1. The molecule has 0 N–H and O–H groups in total. The van der Waals surface area contributed by atoms with Crippen LogP contribution in [0.1, 0.15) is 66.9 Å². The van der Waals surface area contributed by atoms with Gasteiger partial charge in [0.05, 0.1) is 20.1 Å². The Morgan fingerprint density at radius 2 is 1.85 bits per heavy atom. The molecule has 1 aliphatic carbocycles. The Hall–Kier alpha value is -3.27. The highest BCUT2D eigenvalue weighted by Crippen LogP contribution is 2.43. The molecule has 0 spiro atoms. The van der Waals surface area contributed by atoms with Gasteiger partial charge in [-0.25, -0.2) is 0 Å². The Bertz CT molecular complexity index is 1180. The molecule has 33 heavy (non-hydrogen) atoms. The molecule has 4 heteroatoms. The zero-order valence-corrected chi connectivity index (χ0v) is 19.5. The van der Waals surface area contributed by atoms with Crippen LogP contribution in [0, 0.1) is 0 Å².